The first kappa shape index (κ1) is 21.0. The third kappa shape index (κ3) is 2.96. The predicted molar refractivity (Wildman–Crippen MR) is 120 cm³/mol. The summed E-state index contributed by atoms with van der Waals surface area (Å²) in [6.45, 7) is -0.0650. The van der Waals surface area contributed by atoms with Crippen molar-refractivity contribution in [2.45, 2.75) is 29.0 Å². The predicted octanol–water partition coefficient (Wildman–Crippen LogP) is 2.39. The third-order valence-electron chi connectivity index (χ3n) is 7.84. The van der Waals surface area contributed by atoms with Gasteiger partial charge in [0.1, 0.15) is 5.75 Å². The van der Waals surface area contributed by atoms with E-state index in [2.05, 4.69) is 4.98 Å². The minimum atomic E-state index is -1.02. The Hall–Kier alpha value is -2.59. The van der Waals surface area contributed by atoms with Crippen LogP contribution in [0.3, 0.4) is 0 Å². The number of hydrogen-bond donors (Lipinski definition) is 2. The molecule has 1 aromatic heterocycles. The van der Waals surface area contributed by atoms with Crippen LogP contribution in [0.4, 0.5) is 0 Å². The molecular weight excluding hydrogens is 464 g/mol. The lowest BCUT2D eigenvalue weighted by Gasteiger charge is -2.43. The summed E-state index contributed by atoms with van der Waals surface area (Å²) in [5.74, 6) is -1.32. The highest BCUT2D eigenvalue weighted by molar-refractivity contribution is 8.00. The Morgan fingerprint density at radius 2 is 1.85 bits per heavy atom. The molecule has 3 heterocycles. The fraction of sp³-hybridized carbons (Fsp3) is 0.478. The summed E-state index contributed by atoms with van der Waals surface area (Å²) < 4.78 is 5.31. The number of ether oxygens (including phenoxy) is 1. The number of fused-ring (bicyclic) bond motifs is 9. The monoisotopic (exact) mass is 486 g/mol. The average Bonchev–Trinajstić information content (AvgIpc) is 3.52. The van der Waals surface area contributed by atoms with Gasteiger partial charge in [-0.25, -0.2) is 0 Å². The highest BCUT2D eigenvalue weighted by Gasteiger charge is 2.69. The van der Waals surface area contributed by atoms with Crippen LogP contribution >= 0.6 is 23.1 Å². The average molecular weight is 487 g/mol. The number of nitrogens with zero attached hydrogens (tertiary/aromatic N) is 1. The number of carbonyl (C=O) groups is 3. The first-order chi connectivity index (χ1) is 15.9. The van der Waals surface area contributed by atoms with Crippen molar-refractivity contribution in [3.05, 3.63) is 44.4 Å². The zero-order valence-corrected chi connectivity index (χ0v) is 19.4. The number of methoxy groups -OCH3 is 1. The molecule has 1 saturated heterocycles. The molecule has 2 amide bonds. The van der Waals surface area contributed by atoms with Crippen LogP contribution in [0.5, 0.6) is 5.75 Å². The molecule has 2 aliphatic heterocycles. The van der Waals surface area contributed by atoms with Gasteiger partial charge >= 0.3 is 10.8 Å². The van der Waals surface area contributed by atoms with E-state index < -0.39 is 11.9 Å². The van der Waals surface area contributed by atoms with E-state index in [4.69, 9.17) is 9.84 Å². The number of amides is 2. The van der Waals surface area contributed by atoms with Gasteiger partial charge in [-0.2, -0.15) is 0 Å². The second-order valence-electron chi connectivity index (χ2n) is 9.21. The molecule has 0 unspecified atom stereocenters. The van der Waals surface area contributed by atoms with Crippen LogP contribution in [-0.4, -0.2) is 51.7 Å². The molecule has 4 aliphatic rings. The highest BCUT2D eigenvalue weighted by atomic mass is 32.2. The van der Waals surface area contributed by atoms with E-state index in [1.165, 1.54) is 16.2 Å². The molecule has 2 aliphatic carbocycles. The largest absolute Gasteiger partial charge is 0.497 e. The van der Waals surface area contributed by atoms with Crippen molar-refractivity contribution < 1.29 is 24.2 Å². The Morgan fingerprint density at radius 1 is 1.15 bits per heavy atom. The maximum absolute atomic E-state index is 13.3. The number of rotatable bonds is 5. The smallest absolute Gasteiger partial charge is 0.305 e. The van der Waals surface area contributed by atoms with Crippen LogP contribution in [0, 0.1) is 29.6 Å². The number of H-pyrrole nitrogens is 1. The topological polar surface area (TPSA) is 117 Å². The van der Waals surface area contributed by atoms with Crippen molar-refractivity contribution in [1.82, 2.24) is 9.88 Å². The van der Waals surface area contributed by atoms with Crippen molar-refractivity contribution in [3.63, 3.8) is 0 Å². The molecule has 1 aromatic carbocycles. The Balaban J connectivity index is 1.40. The van der Waals surface area contributed by atoms with Crippen LogP contribution in [0.1, 0.15) is 29.2 Å². The summed E-state index contributed by atoms with van der Waals surface area (Å²) in [6, 6.07) is 7.87. The number of aromatic nitrogens is 1. The Labute approximate surface area is 197 Å². The van der Waals surface area contributed by atoms with E-state index >= 15 is 0 Å². The number of aromatic amines is 1. The Morgan fingerprint density at radius 3 is 2.52 bits per heavy atom. The van der Waals surface area contributed by atoms with Crippen molar-refractivity contribution in [2.75, 3.05) is 13.7 Å². The van der Waals surface area contributed by atoms with Crippen molar-refractivity contribution >= 4 is 40.9 Å². The molecule has 2 aromatic rings. The lowest BCUT2D eigenvalue weighted by molar-refractivity contribution is -0.142. The number of aliphatic carboxylic acids is 1. The summed E-state index contributed by atoms with van der Waals surface area (Å²) in [5, 5.41) is 10.0. The molecule has 10 heteroatoms. The van der Waals surface area contributed by atoms with Crippen molar-refractivity contribution in [2.24, 2.45) is 29.6 Å². The molecule has 6 rings (SSSR count). The summed E-state index contributed by atoms with van der Waals surface area (Å²) in [5.41, 5.74) is 1.08. The first-order valence-electron chi connectivity index (χ1n) is 11.0. The van der Waals surface area contributed by atoms with Gasteiger partial charge in [-0.3, -0.25) is 24.1 Å². The fourth-order valence-corrected chi connectivity index (χ4v) is 9.58. The summed E-state index contributed by atoms with van der Waals surface area (Å²) in [7, 11) is 1.62. The minimum absolute atomic E-state index is 0.0289. The molecule has 33 heavy (non-hydrogen) atoms. The van der Waals surface area contributed by atoms with Crippen LogP contribution < -0.4 is 9.61 Å². The number of benzene rings is 1. The lowest BCUT2D eigenvalue weighted by atomic mass is 9.68. The molecule has 2 N–H and O–H groups in total. The number of carboxylic acids is 1. The van der Waals surface area contributed by atoms with E-state index in [-0.39, 0.29) is 64.5 Å². The second-order valence-corrected chi connectivity index (χ2v) is 11.4. The van der Waals surface area contributed by atoms with Gasteiger partial charge in [-0.15, -0.1) is 11.8 Å². The summed E-state index contributed by atoms with van der Waals surface area (Å²) >= 11 is 2.87. The zero-order chi connectivity index (χ0) is 23.0. The number of carboxylic acid groups (broad SMARTS) is 1. The van der Waals surface area contributed by atoms with Gasteiger partial charge < -0.3 is 14.8 Å². The van der Waals surface area contributed by atoms with Crippen molar-refractivity contribution in [1.29, 1.82) is 0 Å². The second kappa shape index (κ2) is 7.46. The molecule has 2 saturated carbocycles. The highest BCUT2D eigenvalue weighted by Crippen LogP contribution is 2.68. The molecule has 3 fully saturated rings. The van der Waals surface area contributed by atoms with Crippen LogP contribution in [0.15, 0.2) is 34.1 Å². The van der Waals surface area contributed by atoms with E-state index in [0.29, 0.717) is 0 Å². The van der Waals surface area contributed by atoms with Gasteiger partial charge in [-0.05, 0) is 41.9 Å². The molecular formula is C23H22N2O6S2. The molecule has 7 atom stereocenters. The normalized spacial score (nSPS) is 33.7. The van der Waals surface area contributed by atoms with Gasteiger partial charge in [0.25, 0.3) is 0 Å². The van der Waals surface area contributed by atoms with Gasteiger partial charge in [0, 0.05) is 22.6 Å². The zero-order valence-electron chi connectivity index (χ0n) is 17.7. The van der Waals surface area contributed by atoms with E-state index in [1.807, 2.05) is 24.3 Å². The molecule has 8 nitrogen and oxygen atoms in total. The van der Waals surface area contributed by atoms with Gasteiger partial charge in [-0.1, -0.05) is 23.5 Å². The lowest BCUT2D eigenvalue weighted by Crippen LogP contribution is -2.42. The van der Waals surface area contributed by atoms with Gasteiger partial charge in [0.05, 0.1) is 30.4 Å². The van der Waals surface area contributed by atoms with Gasteiger partial charge in [0.15, 0.2) is 0 Å². The molecule has 0 radical (unpaired) electrons. The van der Waals surface area contributed by atoms with Crippen molar-refractivity contribution in [3.8, 4) is 5.75 Å². The summed E-state index contributed by atoms with van der Waals surface area (Å²) in [4.78, 5) is 54.9. The Bertz CT molecular complexity index is 1220. The summed E-state index contributed by atoms with van der Waals surface area (Å²) in [6.07, 6.45) is 0.578. The van der Waals surface area contributed by atoms with E-state index in [0.717, 1.165) is 27.6 Å². The number of hydrogen-bond acceptors (Lipinski definition) is 7. The Kier molecular flexibility index (Phi) is 4.74. The number of carbonyl (C=O) groups excluding carboxylic acids is 2. The van der Waals surface area contributed by atoms with Crippen LogP contribution in [0.25, 0.3) is 0 Å². The van der Waals surface area contributed by atoms with Crippen LogP contribution in [-0.2, 0) is 14.4 Å². The number of thiazole rings is 1. The molecule has 2 bridgehead atoms. The number of imide groups is 1. The number of nitrogens with one attached hydrogen (secondary N) is 1. The van der Waals surface area contributed by atoms with E-state index in [9.17, 15) is 19.2 Å². The third-order valence-corrected chi connectivity index (χ3v) is 10.4. The quantitative estimate of drug-likeness (QED) is 0.623. The standard InChI is InChI=1S/C23H22N2O6S2/c1-31-10-4-2-9(3-5-10)14-15-11-8-12(18(15)32-20-19(14)33-23(30)24-20)17-16(11)21(28)25(22(17)29)7-6-13(26)27/h2-5,11-12,14-18H,6-8H2,1H3,(H,24,30)(H,26,27)/t11-,12-,14+,15-,16+,17+,18+/m1/s1. The first-order valence-corrected chi connectivity index (χ1v) is 12.7. The number of thioether (sulfide) groups is 1. The fourth-order valence-electron chi connectivity index (χ4n) is 6.69. The molecule has 172 valence electrons. The van der Waals surface area contributed by atoms with E-state index in [1.54, 1.807) is 18.9 Å². The maximum atomic E-state index is 13.3. The van der Waals surface area contributed by atoms with Crippen LogP contribution in [0.2, 0.25) is 0 Å². The SMILES string of the molecule is COc1ccc([C@@H]2c3sc(=O)[nH]c3S[C@H]3[C@@H]4C[C@@H]([C@@H]5C(=O)N(CCC(=O)O)C(=O)[C@@H]45)[C@H]23)cc1. The minimum Gasteiger partial charge on any atom is -0.497 e. The number of likely N-dealkylation sites (tertiary alicyclic amines) is 1. The van der Waals surface area contributed by atoms with Gasteiger partial charge in [0.2, 0.25) is 11.8 Å². The maximum Gasteiger partial charge on any atom is 0.305 e. The molecule has 0 spiro atoms.